The fourth-order valence-electron chi connectivity index (χ4n) is 2.26. The van der Waals surface area contributed by atoms with Crippen LogP contribution < -0.4 is 0 Å². The van der Waals surface area contributed by atoms with Gasteiger partial charge in [-0.2, -0.15) is 0 Å². The van der Waals surface area contributed by atoms with Crippen LogP contribution in [0.5, 0.6) is 0 Å². The lowest BCUT2D eigenvalue weighted by molar-refractivity contribution is -0.144. The summed E-state index contributed by atoms with van der Waals surface area (Å²) >= 11 is 0. The molecule has 2 fully saturated rings. The van der Waals surface area contributed by atoms with E-state index >= 15 is 0 Å². The quantitative estimate of drug-likeness (QED) is 0.668. The summed E-state index contributed by atoms with van der Waals surface area (Å²) in [4.78, 5) is 36.6. The van der Waals surface area contributed by atoms with Crippen molar-refractivity contribution in [2.75, 3.05) is 19.8 Å². The van der Waals surface area contributed by atoms with Crippen molar-refractivity contribution in [1.29, 1.82) is 0 Å². The van der Waals surface area contributed by atoms with Gasteiger partial charge in [-0.15, -0.1) is 0 Å². The first-order valence-electron chi connectivity index (χ1n) is 5.87. The van der Waals surface area contributed by atoms with Gasteiger partial charge in [0.25, 0.3) is 0 Å². The second-order valence-electron chi connectivity index (χ2n) is 5.37. The molecule has 17 heavy (non-hydrogen) atoms. The van der Waals surface area contributed by atoms with E-state index in [4.69, 9.17) is 4.74 Å². The van der Waals surface area contributed by atoms with Crippen molar-refractivity contribution in [3.05, 3.63) is 0 Å². The molecular formula is C12H17NO4. The lowest BCUT2D eigenvalue weighted by Gasteiger charge is -2.18. The van der Waals surface area contributed by atoms with E-state index < -0.39 is 5.41 Å². The molecule has 2 aliphatic rings. The van der Waals surface area contributed by atoms with Gasteiger partial charge in [-0.1, -0.05) is 13.8 Å². The summed E-state index contributed by atoms with van der Waals surface area (Å²) < 4.78 is 5.13. The van der Waals surface area contributed by atoms with Crippen LogP contribution in [-0.2, 0) is 19.1 Å². The van der Waals surface area contributed by atoms with Crippen LogP contribution in [0, 0.1) is 11.3 Å². The van der Waals surface area contributed by atoms with Gasteiger partial charge in [0.1, 0.15) is 0 Å². The third-order valence-corrected chi connectivity index (χ3v) is 3.42. The maximum absolute atomic E-state index is 11.9. The van der Waals surface area contributed by atoms with Gasteiger partial charge in [-0.25, -0.2) is 0 Å². The van der Waals surface area contributed by atoms with Crippen LogP contribution in [0.4, 0.5) is 0 Å². The average Bonchev–Trinajstić information content (AvgIpc) is 2.81. The number of likely N-dealkylation sites (tertiary alicyclic amines) is 1. The highest BCUT2D eigenvalue weighted by Crippen LogP contribution is 2.31. The summed E-state index contributed by atoms with van der Waals surface area (Å²) in [5.41, 5.74) is -0.663. The van der Waals surface area contributed by atoms with Crippen LogP contribution in [-0.4, -0.2) is 42.3 Å². The molecule has 0 N–H and O–H groups in total. The van der Waals surface area contributed by atoms with Crippen molar-refractivity contribution in [2.24, 2.45) is 11.3 Å². The number of carbonyl (C=O) groups excluding carboxylic acids is 3. The molecule has 5 heteroatoms. The minimum absolute atomic E-state index is 0.0677. The normalized spacial score (nSPS) is 27.9. The Kier molecular flexibility index (Phi) is 3.03. The number of carbonyl (C=O) groups is 3. The molecule has 0 radical (unpaired) electrons. The highest BCUT2D eigenvalue weighted by molar-refractivity contribution is 6.07. The van der Waals surface area contributed by atoms with E-state index in [0.717, 1.165) is 4.90 Å². The molecule has 0 saturated carbocycles. The van der Waals surface area contributed by atoms with Crippen molar-refractivity contribution in [1.82, 2.24) is 4.90 Å². The first-order valence-corrected chi connectivity index (χ1v) is 5.87. The molecular weight excluding hydrogens is 222 g/mol. The number of amides is 2. The molecule has 1 unspecified atom stereocenters. The highest BCUT2D eigenvalue weighted by atomic mass is 16.5. The van der Waals surface area contributed by atoms with Gasteiger partial charge in [-0.05, 0) is 6.42 Å². The fourth-order valence-corrected chi connectivity index (χ4v) is 2.26. The van der Waals surface area contributed by atoms with Crippen molar-refractivity contribution in [3.63, 3.8) is 0 Å². The summed E-state index contributed by atoms with van der Waals surface area (Å²) in [6, 6.07) is 0. The molecule has 1 atom stereocenters. The monoisotopic (exact) mass is 239 g/mol. The van der Waals surface area contributed by atoms with E-state index in [-0.39, 0.29) is 36.5 Å². The van der Waals surface area contributed by atoms with Crippen LogP contribution in [0.25, 0.3) is 0 Å². The molecule has 2 amide bonds. The van der Waals surface area contributed by atoms with E-state index in [1.54, 1.807) is 13.8 Å². The Bertz CT molecular complexity index is 369. The van der Waals surface area contributed by atoms with Crippen molar-refractivity contribution >= 4 is 17.6 Å². The van der Waals surface area contributed by atoms with Crippen LogP contribution in [0.3, 0.4) is 0 Å². The minimum atomic E-state index is -0.663. The van der Waals surface area contributed by atoms with Gasteiger partial charge >= 0.3 is 0 Å². The Balaban J connectivity index is 2.01. The van der Waals surface area contributed by atoms with Crippen molar-refractivity contribution < 1.29 is 19.1 Å². The van der Waals surface area contributed by atoms with Crippen LogP contribution >= 0.6 is 0 Å². The van der Waals surface area contributed by atoms with Crippen LogP contribution in [0.15, 0.2) is 0 Å². The molecule has 0 aliphatic carbocycles. The molecule has 2 aliphatic heterocycles. The molecule has 0 aromatic rings. The first kappa shape index (κ1) is 12.2. The number of ether oxygens (including phenoxy) is 1. The molecule has 5 nitrogen and oxygen atoms in total. The van der Waals surface area contributed by atoms with Gasteiger partial charge in [0.05, 0.1) is 18.6 Å². The Morgan fingerprint density at radius 2 is 2.18 bits per heavy atom. The van der Waals surface area contributed by atoms with Crippen molar-refractivity contribution in [2.45, 2.75) is 26.7 Å². The molecule has 0 aromatic heterocycles. The summed E-state index contributed by atoms with van der Waals surface area (Å²) in [7, 11) is 0. The zero-order valence-corrected chi connectivity index (χ0v) is 10.2. The van der Waals surface area contributed by atoms with Gasteiger partial charge in [-0.3, -0.25) is 19.3 Å². The van der Waals surface area contributed by atoms with Gasteiger partial charge < -0.3 is 4.74 Å². The van der Waals surface area contributed by atoms with Crippen LogP contribution in [0.2, 0.25) is 0 Å². The van der Waals surface area contributed by atoms with Crippen LogP contribution in [0.1, 0.15) is 26.7 Å². The largest absolute Gasteiger partial charge is 0.381 e. The van der Waals surface area contributed by atoms with Crippen molar-refractivity contribution in [3.8, 4) is 0 Å². The Hall–Kier alpha value is -1.23. The Morgan fingerprint density at radius 3 is 2.65 bits per heavy atom. The predicted octanol–water partition coefficient (Wildman–Crippen LogP) is 0.377. The smallest absolute Gasteiger partial charge is 0.235 e. The maximum atomic E-state index is 11.9. The number of hydrogen-bond donors (Lipinski definition) is 0. The lowest BCUT2D eigenvalue weighted by Crippen LogP contribution is -2.39. The van der Waals surface area contributed by atoms with E-state index in [0.29, 0.717) is 19.6 Å². The van der Waals surface area contributed by atoms with E-state index in [2.05, 4.69) is 0 Å². The summed E-state index contributed by atoms with van der Waals surface area (Å²) in [5, 5.41) is 0. The molecule has 2 heterocycles. The molecule has 0 bridgehead atoms. The third-order valence-electron chi connectivity index (χ3n) is 3.42. The maximum Gasteiger partial charge on any atom is 0.235 e. The second kappa shape index (κ2) is 4.22. The summed E-state index contributed by atoms with van der Waals surface area (Å²) in [6.07, 6.45) is 0.888. The zero-order chi connectivity index (χ0) is 12.6. The minimum Gasteiger partial charge on any atom is -0.381 e. The summed E-state index contributed by atoms with van der Waals surface area (Å²) in [6.45, 7) is 4.38. The van der Waals surface area contributed by atoms with E-state index in [1.165, 1.54) is 0 Å². The molecule has 0 spiro atoms. The van der Waals surface area contributed by atoms with Gasteiger partial charge in [0.15, 0.2) is 5.78 Å². The zero-order valence-electron chi connectivity index (χ0n) is 10.2. The lowest BCUT2D eigenvalue weighted by atomic mass is 9.92. The average molecular weight is 239 g/mol. The van der Waals surface area contributed by atoms with E-state index in [9.17, 15) is 14.4 Å². The first-order chi connectivity index (χ1) is 7.92. The number of imide groups is 1. The number of rotatable bonds is 3. The number of Topliss-reactive ketones (excluding diaryl/α,β-unsaturated/α-hetero) is 1. The Morgan fingerprint density at radius 1 is 1.47 bits per heavy atom. The predicted molar refractivity (Wildman–Crippen MR) is 59.1 cm³/mol. The number of hydrogen-bond acceptors (Lipinski definition) is 4. The third kappa shape index (κ3) is 2.24. The number of nitrogens with zero attached hydrogens (tertiary/aromatic N) is 1. The SMILES string of the molecule is CC1(C)CC(=O)N(CC(=O)C2CCOC2)C1=O. The Labute approximate surface area is 100 Å². The highest BCUT2D eigenvalue weighted by Gasteiger charge is 2.45. The molecule has 94 valence electrons. The molecule has 0 aromatic carbocycles. The second-order valence-corrected chi connectivity index (χ2v) is 5.37. The van der Waals surface area contributed by atoms with E-state index in [1.807, 2.05) is 0 Å². The number of ketones is 1. The topological polar surface area (TPSA) is 63.7 Å². The molecule has 2 saturated heterocycles. The van der Waals surface area contributed by atoms with Gasteiger partial charge in [0.2, 0.25) is 11.8 Å². The summed E-state index contributed by atoms with van der Waals surface area (Å²) in [5.74, 6) is -0.705. The molecule has 2 rings (SSSR count). The van der Waals surface area contributed by atoms with Gasteiger partial charge in [0, 0.05) is 18.9 Å². The standard InChI is InChI=1S/C12H17NO4/c1-12(2)5-10(15)13(11(12)16)6-9(14)8-3-4-17-7-8/h8H,3-7H2,1-2H3. The fraction of sp³-hybridized carbons (Fsp3) is 0.750.